The van der Waals surface area contributed by atoms with E-state index in [0.717, 1.165) is 12.5 Å². The van der Waals surface area contributed by atoms with Gasteiger partial charge in [-0.05, 0) is 18.6 Å². The van der Waals surface area contributed by atoms with Crippen LogP contribution < -0.4 is 5.32 Å². The molecule has 18 heavy (non-hydrogen) atoms. The van der Waals surface area contributed by atoms with E-state index in [-0.39, 0.29) is 11.3 Å². The molecule has 5 heteroatoms. The number of carbonyl (C=O) groups is 1. The Balaban J connectivity index is 2.34. The smallest absolute Gasteiger partial charge is 0.254 e. The van der Waals surface area contributed by atoms with E-state index in [2.05, 4.69) is 11.9 Å². The molecule has 0 heterocycles. The summed E-state index contributed by atoms with van der Waals surface area (Å²) in [7, 11) is 0. The van der Waals surface area contributed by atoms with E-state index in [4.69, 9.17) is 9.84 Å². The van der Waals surface area contributed by atoms with Gasteiger partial charge in [-0.25, -0.2) is 4.39 Å². The molecular formula is C13H16FNO3. The van der Waals surface area contributed by atoms with Crippen molar-refractivity contribution in [3.05, 3.63) is 42.2 Å². The van der Waals surface area contributed by atoms with Crippen LogP contribution in [0.3, 0.4) is 0 Å². The highest BCUT2D eigenvalue weighted by molar-refractivity contribution is 5.94. The average molecular weight is 253 g/mol. The van der Waals surface area contributed by atoms with Crippen molar-refractivity contribution in [2.75, 3.05) is 19.8 Å². The van der Waals surface area contributed by atoms with Gasteiger partial charge in [0, 0.05) is 12.6 Å². The van der Waals surface area contributed by atoms with Gasteiger partial charge >= 0.3 is 0 Å². The zero-order chi connectivity index (χ0) is 13.4. The zero-order valence-corrected chi connectivity index (χ0v) is 9.99. The number of aromatic hydroxyl groups is 1. The van der Waals surface area contributed by atoms with Crippen LogP contribution in [-0.4, -0.2) is 30.8 Å². The lowest BCUT2D eigenvalue weighted by molar-refractivity contribution is 0.0914. The summed E-state index contributed by atoms with van der Waals surface area (Å²) in [6.07, 6.45) is 2.49. The van der Waals surface area contributed by atoms with Gasteiger partial charge in [-0.2, -0.15) is 0 Å². The van der Waals surface area contributed by atoms with Crippen LogP contribution in [-0.2, 0) is 4.74 Å². The molecule has 0 bridgehead atoms. The van der Waals surface area contributed by atoms with Gasteiger partial charge in [-0.15, -0.1) is 6.58 Å². The van der Waals surface area contributed by atoms with Crippen LogP contribution in [0.15, 0.2) is 30.9 Å². The Bertz CT molecular complexity index is 421. The van der Waals surface area contributed by atoms with Crippen molar-refractivity contribution < 1.29 is 19.0 Å². The minimum absolute atomic E-state index is 0.0982. The molecular weight excluding hydrogens is 237 g/mol. The second-order valence-electron chi connectivity index (χ2n) is 3.61. The number of phenols is 1. The predicted octanol–water partition coefficient (Wildman–Crippen LogP) is 1.85. The van der Waals surface area contributed by atoms with Gasteiger partial charge in [0.15, 0.2) is 0 Å². The van der Waals surface area contributed by atoms with Gasteiger partial charge < -0.3 is 15.2 Å². The van der Waals surface area contributed by atoms with Crippen molar-refractivity contribution in [1.29, 1.82) is 0 Å². The lowest BCUT2D eigenvalue weighted by atomic mass is 10.2. The molecule has 1 rings (SSSR count). The van der Waals surface area contributed by atoms with Crippen molar-refractivity contribution in [3.8, 4) is 5.75 Å². The maximum atomic E-state index is 13.3. The summed E-state index contributed by atoms with van der Waals surface area (Å²) in [5.74, 6) is -1.49. The molecule has 0 saturated carbocycles. The van der Waals surface area contributed by atoms with E-state index >= 15 is 0 Å². The molecule has 0 spiro atoms. The minimum atomic E-state index is -0.750. The normalized spacial score (nSPS) is 10.1. The molecule has 0 aliphatic heterocycles. The lowest BCUT2D eigenvalue weighted by Crippen LogP contribution is -2.28. The fourth-order valence-electron chi connectivity index (χ4n) is 1.29. The summed E-state index contributed by atoms with van der Waals surface area (Å²) in [6.45, 7) is 4.76. The van der Waals surface area contributed by atoms with Crippen molar-refractivity contribution in [2.45, 2.75) is 6.42 Å². The van der Waals surface area contributed by atoms with Gasteiger partial charge in [0.2, 0.25) is 0 Å². The molecule has 0 saturated heterocycles. The summed E-state index contributed by atoms with van der Waals surface area (Å²) in [4.78, 5) is 11.6. The predicted molar refractivity (Wildman–Crippen MR) is 66.0 cm³/mol. The second kappa shape index (κ2) is 7.45. The number of phenolic OH excluding ortho intramolecular Hbond substituents is 1. The van der Waals surface area contributed by atoms with E-state index in [9.17, 15) is 9.18 Å². The summed E-state index contributed by atoms with van der Waals surface area (Å²) >= 11 is 0. The Morgan fingerprint density at radius 3 is 2.94 bits per heavy atom. The largest absolute Gasteiger partial charge is 0.508 e. The third-order valence-electron chi connectivity index (χ3n) is 2.20. The van der Waals surface area contributed by atoms with Crippen LogP contribution in [0.1, 0.15) is 16.8 Å². The van der Waals surface area contributed by atoms with Gasteiger partial charge in [-0.1, -0.05) is 6.08 Å². The lowest BCUT2D eigenvalue weighted by Gasteiger charge is -2.06. The number of hydrogen-bond donors (Lipinski definition) is 2. The van der Waals surface area contributed by atoms with Gasteiger partial charge in [-0.3, -0.25) is 4.79 Å². The first-order chi connectivity index (χ1) is 8.65. The van der Waals surface area contributed by atoms with E-state index in [1.54, 1.807) is 6.08 Å². The number of amides is 1. The first-order valence-electron chi connectivity index (χ1n) is 5.60. The Labute approximate surface area is 105 Å². The van der Waals surface area contributed by atoms with E-state index in [0.29, 0.717) is 19.8 Å². The highest BCUT2D eigenvalue weighted by atomic mass is 19.1. The summed E-state index contributed by atoms with van der Waals surface area (Å²) in [6, 6.07) is 3.40. The highest BCUT2D eigenvalue weighted by Gasteiger charge is 2.11. The molecule has 0 fully saturated rings. The molecule has 0 unspecified atom stereocenters. The third-order valence-corrected chi connectivity index (χ3v) is 2.20. The minimum Gasteiger partial charge on any atom is -0.508 e. The SMILES string of the molecule is C=CCCOCCNC(=O)c1ccc(O)cc1F. The number of hydrogen-bond acceptors (Lipinski definition) is 3. The van der Waals surface area contributed by atoms with Crippen LogP contribution in [0.5, 0.6) is 5.75 Å². The highest BCUT2D eigenvalue weighted by Crippen LogP contribution is 2.14. The molecule has 0 aliphatic carbocycles. The first-order valence-corrected chi connectivity index (χ1v) is 5.60. The standard InChI is InChI=1S/C13H16FNO3/c1-2-3-7-18-8-6-15-13(17)11-5-4-10(16)9-12(11)14/h2,4-5,9,16H,1,3,6-8H2,(H,15,17). The molecule has 1 amide bonds. The number of ether oxygens (including phenoxy) is 1. The third kappa shape index (κ3) is 4.55. The Kier molecular flexibility index (Phi) is 5.87. The molecule has 0 atom stereocenters. The van der Waals surface area contributed by atoms with Crippen LogP contribution in [0, 0.1) is 5.82 Å². The zero-order valence-electron chi connectivity index (χ0n) is 9.99. The molecule has 98 valence electrons. The van der Waals surface area contributed by atoms with E-state index < -0.39 is 11.7 Å². The van der Waals surface area contributed by atoms with Crippen LogP contribution in [0.25, 0.3) is 0 Å². The van der Waals surface area contributed by atoms with Gasteiger partial charge in [0.05, 0.1) is 18.8 Å². The number of nitrogens with one attached hydrogen (secondary N) is 1. The average Bonchev–Trinajstić information content (AvgIpc) is 2.33. The fraction of sp³-hybridized carbons (Fsp3) is 0.308. The Hall–Kier alpha value is -1.88. The maximum absolute atomic E-state index is 13.3. The van der Waals surface area contributed by atoms with Gasteiger partial charge in [0.25, 0.3) is 5.91 Å². The monoisotopic (exact) mass is 253 g/mol. The van der Waals surface area contributed by atoms with Crippen LogP contribution >= 0.6 is 0 Å². The number of benzene rings is 1. The fourth-order valence-corrected chi connectivity index (χ4v) is 1.29. The quantitative estimate of drug-likeness (QED) is 0.576. The molecule has 1 aromatic carbocycles. The van der Waals surface area contributed by atoms with Crippen LogP contribution in [0.2, 0.25) is 0 Å². The van der Waals surface area contributed by atoms with Crippen molar-refractivity contribution in [1.82, 2.24) is 5.32 Å². The summed E-state index contributed by atoms with van der Waals surface area (Å²) < 4.78 is 18.5. The maximum Gasteiger partial charge on any atom is 0.254 e. The molecule has 1 aromatic rings. The van der Waals surface area contributed by atoms with Crippen molar-refractivity contribution >= 4 is 5.91 Å². The molecule has 2 N–H and O–H groups in total. The molecule has 0 radical (unpaired) electrons. The summed E-state index contributed by atoms with van der Waals surface area (Å²) in [5.41, 5.74) is -0.0982. The number of halogens is 1. The Morgan fingerprint density at radius 1 is 1.50 bits per heavy atom. The summed E-state index contributed by atoms with van der Waals surface area (Å²) in [5, 5.41) is 11.5. The molecule has 0 aliphatic rings. The van der Waals surface area contributed by atoms with E-state index in [1.807, 2.05) is 0 Å². The number of rotatable bonds is 7. The first kappa shape index (κ1) is 14.2. The topological polar surface area (TPSA) is 58.6 Å². The van der Waals surface area contributed by atoms with Crippen molar-refractivity contribution in [2.24, 2.45) is 0 Å². The van der Waals surface area contributed by atoms with Gasteiger partial charge in [0.1, 0.15) is 11.6 Å². The molecule has 4 nitrogen and oxygen atoms in total. The number of carbonyl (C=O) groups excluding carboxylic acids is 1. The van der Waals surface area contributed by atoms with Crippen molar-refractivity contribution in [3.63, 3.8) is 0 Å². The Morgan fingerprint density at radius 2 is 2.28 bits per heavy atom. The second-order valence-corrected chi connectivity index (χ2v) is 3.61. The van der Waals surface area contributed by atoms with E-state index in [1.165, 1.54) is 12.1 Å². The van der Waals surface area contributed by atoms with Crippen LogP contribution in [0.4, 0.5) is 4.39 Å². The molecule has 0 aromatic heterocycles.